The summed E-state index contributed by atoms with van der Waals surface area (Å²) in [5, 5.41) is 26.5. The maximum absolute atomic E-state index is 11.0. The second-order valence-corrected chi connectivity index (χ2v) is 4.49. The number of carbonyl (C=O) groups is 1. The molecule has 0 radical (unpaired) electrons. The van der Waals surface area contributed by atoms with Gasteiger partial charge in [-0.25, -0.2) is 0 Å². The van der Waals surface area contributed by atoms with E-state index < -0.39 is 18.6 Å². The van der Waals surface area contributed by atoms with Crippen molar-refractivity contribution in [2.24, 2.45) is 17.6 Å². The molecule has 0 aromatic carbocycles. The summed E-state index contributed by atoms with van der Waals surface area (Å²) in [5.74, 6) is -0.899. The van der Waals surface area contributed by atoms with Crippen molar-refractivity contribution in [1.82, 2.24) is 0 Å². The van der Waals surface area contributed by atoms with Gasteiger partial charge in [-0.2, -0.15) is 0 Å². The van der Waals surface area contributed by atoms with Crippen molar-refractivity contribution >= 4 is 25.5 Å². The zero-order chi connectivity index (χ0) is 11.6. The normalized spacial score (nSPS) is 33.2. The number of carboxylic acid groups (broad SMARTS) is 1. The molecule has 1 aliphatic carbocycles. The SMILES string of the molecule is CC1C(CCB(O)O)CCC1(N)C(=O)O.Cl. The zero-order valence-electron chi connectivity index (χ0n) is 9.30. The molecule has 1 fully saturated rings. The molecule has 5 N–H and O–H groups in total. The lowest BCUT2D eigenvalue weighted by Gasteiger charge is -2.26. The maximum atomic E-state index is 11.0. The summed E-state index contributed by atoms with van der Waals surface area (Å²) in [6.45, 7) is 1.83. The summed E-state index contributed by atoms with van der Waals surface area (Å²) in [5.41, 5.74) is 4.68. The van der Waals surface area contributed by atoms with Crippen molar-refractivity contribution in [1.29, 1.82) is 0 Å². The van der Waals surface area contributed by atoms with Gasteiger partial charge in [0.15, 0.2) is 0 Å². The van der Waals surface area contributed by atoms with E-state index in [1.165, 1.54) is 0 Å². The molecule has 3 unspecified atom stereocenters. The van der Waals surface area contributed by atoms with E-state index in [9.17, 15) is 4.79 Å². The van der Waals surface area contributed by atoms with Crippen LogP contribution in [0.2, 0.25) is 6.32 Å². The molecule has 7 heteroatoms. The molecule has 0 amide bonds. The largest absolute Gasteiger partial charge is 0.480 e. The van der Waals surface area contributed by atoms with Gasteiger partial charge in [-0.3, -0.25) is 4.79 Å². The second-order valence-electron chi connectivity index (χ2n) is 4.49. The fourth-order valence-electron chi connectivity index (χ4n) is 2.38. The summed E-state index contributed by atoms with van der Waals surface area (Å²) in [7, 11) is -1.31. The van der Waals surface area contributed by atoms with Crippen molar-refractivity contribution in [3.63, 3.8) is 0 Å². The van der Waals surface area contributed by atoms with Crippen LogP contribution in [0, 0.1) is 11.8 Å². The number of nitrogens with two attached hydrogens (primary N) is 1. The van der Waals surface area contributed by atoms with Gasteiger partial charge in [-0.15, -0.1) is 12.4 Å². The monoisotopic (exact) mass is 251 g/mol. The first-order valence-electron chi connectivity index (χ1n) is 5.26. The fourth-order valence-corrected chi connectivity index (χ4v) is 2.38. The summed E-state index contributed by atoms with van der Waals surface area (Å²) in [6.07, 6.45) is 2.11. The Morgan fingerprint density at radius 3 is 2.50 bits per heavy atom. The van der Waals surface area contributed by atoms with Gasteiger partial charge in [0, 0.05) is 0 Å². The first kappa shape index (κ1) is 15.7. The van der Waals surface area contributed by atoms with E-state index in [2.05, 4.69) is 0 Å². The summed E-state index contributed by atoms with van der Waals surface area (Å²) in [6, 6.07) is 0. The van der Waals surface area contributed by atoms with Crippen LogP contribution in [0.4, 0.5) is 0 Å². The topological polar surface area (TPSA) is 104 Å². The molecule has 0 aromatic heterocycles. The fraction of sp³-hybridized carbons (Fsp3) is 0.889. The van der Waals surface area contributed by atoms with Crippen LogP contribution in [0.1, 0.15) is 26.2 Å². The third-order valence-corrected chi connectivity index (χ3v) is 3.64. The molecule has 1 rings (SSSR count). The predicted octanol–water partition coefficient (Wildman–Crippen LogP) is 0.0993. The number of aliphatic carboxylic acids is 1. The lowest BCUT2D eigenvalue weighted by molar-refractivity contribution is -0.144. The Hall–Kier alpha value is -0.295. The molecule has 0 aromatic rings. The first-order chi connectivity index (χ1) is 6.88. The second kappa shape index (κ2) is 5.86. The quantitative estimate of drug-likeness (QED) is 0.531. The molecular weight excluding hydrogens is 232 g/mol. The Balaban J connectivity index is 0.00000225. The highest BCUT2D eigenvalue weighted by molar-refractivity contribution is 6.40. The Labute approximate surface area is 102 Å². The van der Waals surface area contributed by atoms with E-state index in [1.807, 2.05) is 6.92 Å². The van der Waals surface area contributed by atoms with Crippen LogP contribution >= 0.6 is 12.4 Å². The van der Waals surface area contributed by atoms with E-state index >= 15 is 0 Å². The lowest BCUT2D eigenvalue weighted by Crippen LogP contribution is -2.51. The van der Waals surface area contributed by atoms with E-state index in [0.717, 1.165) is 6.42 Å². The minimum atomic E-state index is -1.31. The molecule has 5 nitrogen and oxygen atoms in total. The van der Waals surface area contributed by atoms with Gasteiger partial charge in [0.25, 0.3) is 0 Å². The molecule has 0 aliphatic heterocycles. The highest BCUT2D eigenvalue weighted by Gasteiger charge is 2.48. The molecule has 16 heavy (non-hydrogen) atoms. The molecule has 0 saturated heterocycles. The number of halogens is 1. The van der Waals surface area contributed by atoms with Crippen molar-refractivity contribution in [3.8, 4) is 0 Å². The van der Waals surface area contributed by atoms with Gasteiger partial charge in [0.2, 0.25) is 0 Å². The third-order valence-electron chi connectivity index (χ3n) is 3.64. The van der Waals surface area contributed by atoms with E-state index in [0.29, 0.717) is 12.8 Å². The zero-order valence-corrected chi connectivity index (χ0v) is 10.1. The molecule has 0 bridgehead atoms. The molecule has 1 saturated carbocycles. The maximum Gasteiger partial charge on any atom is 0.451 e. The van der Waals surface area contributed by atoms with Gasteiger partial charge in [0.05, 0.1) is 0 Å². The van der Waals surface area contributed by atoms with Gasteiger partial charge in [-0.1, -0.05) is 13.3 Å². The number of carboxylic acids is 1. The molecule has 0 spiro atoms. The summed E-state index contributed by atoms with van der Waals surface area (Å²) >= 11 is 0. The predicted molar refractivity (Wildman–Crippen MR) is 63.3 cm³/mol. The molecule has 3 atom stereocenters. The van der Waals surface area contributed by atoms with Crippen LogP contribution in [0.15, 0.2) is 0 Å². The van der Waals surface area contributed by atoms with E-state index in [1.54, 1.807) is 0 Å². The highest BCUT2D eigenvalue weighted by atomic mass is 35.5. The Morgan fingerprint density at radius 2 is 2.12 bits per heavy atom. The van der Waals surface area contributed by atoms with Crippen molar-refractivity contribution in [3.05, 3.63) is 0 Å². The summed E-state index contributed by atoms with van der Waals surface area (Å²) < 4.78 is 0. The molecule has 1 aliphatic rings. The van der Waals surface area contributed by atoms with Crippen molar-refractivity contribution in [2.75, 3.05) is 0 Å². The van der Waals surface area contributed by atoms with Crippen LogP contribution in [0.5, 0.6) is 0 Å². The van der Waals surface area contributed by atoms with Crippen LogP contribution in [-0.4, -0.2) is 33.8 Å². The van der Waals surface area contributed by atoms with Gasteiger partial charge < -0.3 is 20.9 Å². The van der Waals surface area contributed by atoms with E-state index in [-0.39, 0.29) is 30.6 Å². The average Bonchev–Trinajstić information content (AvgIpc) is 2.42. The number of hydrogen-bond donors (Lipinski definition) is 4. The standard InChI is InChI=1S/C9H18BNO4.ClH/c1-6-7(3-5-10(14)15)2-4-9(6,11)8(12)13;/h6-7,14-15H,2-5,11H2,1H3,(H,12,13);1H. The van der Waals surface area contributed by atoms with Crippen molar-refractivity contribution < 1.29 is 19.9 Å². The minimum absolute atomic E-state index is 0. The van der Waals surface area contributed by atoms with Crippen LogP contribution < -0.4 is 5.73 Å². The average molecular weight is 252 g/mol. The van der Waals surface area contributed by atoms with Gasteiger partial charge in [-0.05, 0) is 31.0 Å². The lowest BCUT2D eigenvalue weighted by atomic mass is 9.76. The number of hydrogen-bond acceptors (Lipinski definition) is 4. The van der Waals surface area contributed by atoms with Crippen LogP contribution in [0.25, 0.3) is 0 Å². The third kappa shape index (κ3) is 3.10. The highest BCUT2D eigenvalue weighted by Crippen LogP contribution is 2.41. The minimum Gasteiger partial charge on any atom is -0.480 e. The van der Waals surface area contributed by atoms with E-state index in [4.69, 9.17) is 20.9 Å². The Kier molecular flexibility index (Phi) is 5.75. The summed E-state index contributed by atoms with van der Waals surface area (Å²) in [4.78, 5) is 11.0. The van der Waals surface area contributed by atoms with Gasteiger partial charge >= 0.3 is 13.1 Å². The van der Waals surface area contributed by atoms with Crippen LogP contribution in [-0.2, 0) is 4.79 Å². The Bertz CT molecular complexity index is 254. The molecule has 94 valence electrons. The smallest absolute Gasteiger partial charge is 0.451 e. The van der Waals surface area contributed by atoms with Crippen molar-refractivity contribution in [2.45, 2.75) is 38.0 Å². The first-order valence-corrected chi connectivity index (χ1v) is 5.26. The van der Waals surface area contributed by atoms with Gasteiger partial charge in [0.1, 0.15) is 5.54 Å². The Morgan fingerprint density at radius 1 is 1.56 bits per heavy atom. The van der Waals surface area contributed by atoms with Crippen LogP contribution in [0.3, 0.4) is 0 Å². The molecular formula is C9H19BClNO4. The number of rotatable bonds is 4. The molecule has 0 heterocycles.